The van der Waals surface area contributed by atoms with Crippen LogP contribution in [0.3, 0.4) is 0 Å². The van der Waals surface area contributed by atoms with Crippen LogP contribution >= 0.6 is 11.6 Å². The van der Waals surface area contributed by atoms with Crippen LogP contribution in [0.4, 0.5) is 14.9 Å². The van der Waals surface area contributed by atoms with Crippen LogP contribution in [0.2, 0.25) is 5.02 Å². The lowest BCUT2D eigenvalue weighted by Crippen LogP contribution is -2.38. The topological polar surface area (TPSA) is 65.2 Å². The van der Waals surface area contributed by atoms with Gasteiger partial charge in [-0.15, -0.1) is 0 Å². The molecular weight excluding hydrogens is 381 g/mol. The number of hydrogen-bond donors (Lipinski definition) is 2. The SMILES string of the molecule is CN(C(=O)Nc1ccc(F)c(Cl)c1)[C@H]1CCCc2[nH]c(=O)c3c(c21)CCCC3. The van der Waals surface area contributed by atoms with E-state index < -0.39 is 5.82 Å². The van der Waals surface area contributed by atoms with Crippen molar-refractivity contribution in [2.24, 2.45) is 0 Å². The normalized spacial score (nSPS) is 18.2. The maximum absolute atomic E-state index is 13.4. The second-order valence-electron chi connectivity index (χ2n) is 7.59. The van der Waals surface area contributed by atoms with Gasteiger partial charge < -0.3 is 15.2 Å². The summed E-state index contributed by atoms with van der Waals surface area (Å²) in [5.74, 6) is -0.523. The number of halogens is 2. The van der Waals surface area contributed by atoms with Crippen LogP contribution in [0.5, 0.6) is 0 Å². The number of aromatic nitrogens is 1. The molecule has 2 amide bonds. The summed E-state index contributed by atoms with van der Waals surface area (Å²) in [4.78, 5) is 30.1. The molecule has 2 N–H and O–H groups in total. The third-order valence-corrected chi connectivity index (χ3v) is 6.14. The fourth-order valence-corrected chi connectivity index (χ4v) is 4.63. The number of nitrogens with one attached hydrogen (secondary N) is 2. The molecule has 148 valence electrons. The van der Waals surface area contributed by atoms with Crippen LogP contribution < -0.4 is 10.9 Å². The zero-order valence-electron chi connectivity index (χ0n) is 15.8. The van der Waals surface area contributed by atoms with Gasteiger partial charge in [0.05, 0.1) is 11.1 Å². The molecule has 0 radical (unpaired) electrons. The summed E-state index contributed by atoms with van der Waals surface area (Å²) >= 11 is 5.81. The van der Waals surface area contributed by atoms with E-state index in [1.54, 1.807) is 11.9 Å². The molecule has 1 aromatic heterocycles. The first-order valence-corrected chi connectivity index (χ1v) is 10.1. The quantitative estimate of drug-likeness (QED) is 0.770. The number of aromatic amines is 1. The van der Waals surface area contributed by atoms with Crippen molar-refractivity contribution in [1.82, 2.24) is 9.88 Å². The molecular formula is C21H23ClFN3O2. The number of benzene rings is 1. The highest BCUT2D eigenvalue weighted by Gasteiger charge is 2.32. The number of carbonyl (C=O) groups excluding carboxylic acids is 1. The number of hydrogen-bond acceptors (Lipinski definition) is 2. The molecule has 2 aromatic rings. The minimum Gasteiger partial charge on any atom is -0.326 e. The number of amides is 2. The molecule has 28 heavy (non-hydrogen) atoms. The standard InChI is InChI=1S/C21H23ClFN3O2/c1-26(21(28)24-12-9-10-16(23)15(22)11-12)18-8-4-7-17-19(18)13-5-2-3-6-14(13)20(27)25-17/h9-11,18H,2-8H2,1H3,(H,24,28)(H,25,27)/t18-/m0/s1. The summed E-state index contributed by atoms with van der Waals surface area (Å²) in [6.45, 7) is 0. The van der Waals surface area contributed by atoms with Crippen LogP contribution in [0, 0.1) is 5.82 Å². The van der Waals surface area contributed by atoms with Gasteiger partial charge in [-0.2, -0.15) is 0 Å². The van der Waals surface area contributed by atoms with Crippen molar-refractivity contribution in [3.05, 3.63) is 61.8 Å². The van der Waals surface area contributed by atoms with Gasteiger partial charge >= 0.3 is 6.03 Å². The average Bonchev–Trinajstić information content (AvgIpc) is 2.70. The van der Waals surface area contributed by atoms with Crippen LogP contribution in [0.15, 0.2) is 23.0 Å². The van der Waals surface area contributed by atoms with Gasteiger partial charge in [0.15, 0.2) is 0 Å². The molecule has 2 aliphatic rings. The third kappa shape index (κ3) is 3.41. The summed E-state index contributed by atoms with van der Waals surface area (Å²) < 4.78 is 13.4. The summed E-state index contributed by atoms with van der Waals surface area (Å²) in [6.07, 6.45) is 6.37. The maximum atomic E-state index is 13.4. The van der Waals surface area contributed by atoms with E-state index in [2.05, 4.69) is 10.3 Å². The van der Waals surface area contributed by atoms with Gasteiger partial charge in [-0.1, -0.05) is 11.6 Å². The van der Waals surface area contributed by atoms with E-state index in [0.717, 1.165) is 67.3 Å². The highest BCUT2D eigenvalue weighted by atomic mass is 35.5. The number of pyridine rings is 1. The number of nitrogens with zero attached hydrogens (tertiary/aromatic N) is 1. The smallest absolute Gasteiger partial charge is 0.322 e. The van der Waals surface area contributed by atoms with E-state index in [1.807, 2.05) is 0 Å². The van der Waals surface area contributed by atoms with E-state index >= 15 is 0 Å². The number of fused-ring (bicyclic) bond motifs is 3. The van der Waals surface area contributed by atoms with Crippen molar-refractivity contribution in [3.8, 4) is 0 Å². The predicted molar refractivity (Wildman–Crippen MR) is 108 cm³/mol. The first kappa shape index (κ1) is 19.0. The van der Waals surface area contributed by atoms with Crippen LogP contribution in [0.1, 0.15) is 54.1 Å². The van der Waals surface area contributed by atoms with E-state index in [-0.39, 0.29) is 22.7 Å². The Labute approximate surface area is 167 Å². The van der Waals surface area contributed by atoms with Gasteiger partial charge in [-0.05, 0) is 74.3 Å². The number of H-pyrrole nitrogens is 1. The van der Waals surface area contributed by atoms with Gasteiger partial charge in [0.2, 0.25) is 0 Å². The van der Waals surface area contributed by atoms with Crippen molar-refractivity contribution in [2.75, 3.05) is 12.4 Å². The molecule has 0 unspecified atom stereocenters. The first-order chi connectivity index (χ1) is 13.5. The number of carbonyl (C=O) groups is 1. The Hall–Kier alpha value is -2.34. The van der Waals surface area contributed by atoms with Crippen molar-refractivity contribution >= 4 is 23.3 Å². The summed E-state index contributed by atoms with van der Waals surface area (Å²) in [7, 11) is 1.76. The Morgan fingerprint density at radius 2 is 1.96 bits per heavy atom. The zero-order chi connectivity index (χ0) is 19.8. The molecule has 0 saturated carbocycles. The second-order valence-corrected chi connectivity index (χ2v) is 8.00. The van der Waals surface area contributed by atoms with Crippen molar-refractivity contribution < 1.29 is 9.18 Å². The number of anilines is 1. The Morgan fingerprint density at radius 1 is 1.21 bits per heavy atom. The second kappa shape index (κ2) is 7.59. The highest BCUT2D eigenvalue weighted by Crippen LogP contribution is 2.38. The van der Waals surface area contributed by atoms with E-state index in [0.29, 0.717) is 5.69 Å². The minimum atomic E-state index is -0.523. The fourth-order valence-electron chi connectivity index (χ4n) is 4.45. The number of urea groups is 1. The fraction of sp³-hybridized carbons (Fsp3) is 0.429. The van der Waals surface area contributed by atoms with E-state index in [1.165, 1.54) is 18.2 Å². The molecule has 1 heterocycles. The number of aryl methyl sites for hydroxylation is 1. The first-order valence-electron chi connectivity index (χ1n) is 9.71. The molecule has 0 aliphatic heterocycles. The van der Waals surface area contributed by atoms with Gasteiger partial charge in [0, 0.05) is 24.0 Å². The molecule has 0 saturated heterocycles. The maximum Gasteiger partial charge on any atom is 0.322 e. The number of rotatable bonds is 2. The Balaban J connectivity index is 1.64. The lowest BCUT2D eigenvalue weighted by molar-refractivity contribution is 0.196. The summed E-state index contributed by atoms with van der Waals surface area (Å²) in [6, 6.07) is 3.74. The molecule has 5 nitrogen and oxygen atoms in total. The molecule has 1 atom stereocenters. The predicted octanol–water partition coefficient (Wildman–Crippen LogP) is 4.59. The van der Waals surface area contributed by atoms with Crippen molar-refractivity contribution in [1.29, 1.82) is 0 Å². The summed E-state index contributed by atoms with van der Waals surface area (Å²) in [5.41, 5.74) is 4.59. The molecule has 0 bridgehead atoms. The van der Waals surface area contributed by atoms with Gasteiger partial charge in [-0.25, -0.2) is 9.18 Å². The Kier molecular flexibility index (Phi) is 5.15. The van der Waals surface area contributed by atoms with E-state index in [9.17, 15) is 14.0 Å². The molecule has 0 fully saturated rings. The van der Waals surface area contributed by atoms with Crippen LogP contribution in [0.25, 0.3) is 0 Å². The lowest BCUT2D eigenvalue weighted by atomic mass is 9.81. The van der Waals surface area contributed by atoms with Gasteiger partial charge in [-0.3, -0.25) is 4.79 Å². The molecule has 7 heteroatoms. The van der Waals surface area contributed by atoms with Crippen molar-refractivity contribution in [3.63, 3.8) is 0 Å². The van der Waals surface area contributed by atoms with Crippen LogP contribution in [-0.2, 0) is 19.3 Å². The molecule has 1 aromatic carbocycles. The molecule has 2 aliphatic carbocycles. The zero-order valence-corrected chi connectivity index (χ0v) is 16.5. The molecule has 4 rings (SSSR count). The molecule has 0 spiro atoms. The largest absolute Gasteiger partial charge is 0.326 e. The third-order valence-electron chi connectivity index (χ3n) is 5.85. The monoisotopic (exact) mass is 403 g/mol. The lowest BCUT2D eigenvalue weighted by Gasteiger charge is -2.36. The van der Waals surface area contributed by atoms with Crippen LogP contribution in [-0.4, -0.2) is 23.0 Å². The Morgan fingerprint density at radius 3 is 2.71 bits per heavy atom. The Bertz CT molecular complexity index is 988. The van der Waals surface area contributed by atoms with Gasteiger partial charge in [0.1, 0.15) is 5.82 Å². The summed E-state index contributed by atoms with van der Waals surface area (Å²) in [5, 5.41) is 2.76. The average molecular weight is 404 g/mol. The minimum absolute atomic E-state index is 0.0298. The van der Waals surface area contributed by atoms with Crippen molar-refractivity contribution in [2.45, 2.75) is 51.0 Å². The highest BCUT2D eigenvalue weighted by molar-refractivity contribution is 6.31. The van der Waals surface area contributed by atoms with E-state index in [4.69, 9.17) is 11.6 Å². The van der Waals surface area contributed by atoms with Gasteiger partial charge in [0.25, 0.3) is 5.56 Å².